The third kappa shape index (κ3) is 5.98. The Balaban J connectivity index is 1.95. The van der Waals surface area contributed by atoms with E-state index in [0.717, 1.165) is 11.4 Å². The van der Waals surface area contributed by atoms with E-state index in [1.807, 2.05) is 46.2 Å². The molecule has 2 aromatic rings. The summed E-state index contributed by atoms with van der Waals surface area (Å²) in [7, 11) is 0. The molecule has 0 aliphatic carbocycles. The Morgan fingerprint density at radius 3 is 1.50 bits per heavy atom. The van der Waals surface area contributed by atoms with E-state index in [2.05, 4.69) is 9.97 Å². The Hall–Kier alpha value is -1.86. The van der Waals surface area contributed by atoms with Crippen molar-refractivity contribution >= 4 is 0 Å². The van der Waals surface area contributed by atoms with Crippen molar-refractivity contribution in [2.75, 3.05) is 13.1 Å². The Kier molecular flexibility index (Phi) is 7.27. The van der Waals surface area contributed by atoms with Crippen LogP contribution in [0.4, 0.5) is 0 Å². The number of hydrogen-bond acceptors (Lipinski definition) is 6. The lowest BCUT2D eigenvalue weighted by atomic mass is 10.3. The Bertz CT molecular complexity index is 525. The lowest BCUT2D eigenvalue weighted by molar-refractivity contribution is -0.0250. The first-order chi connectivity index (χ1) is 11.6. The standard InChI is InChI=1S/C18H26N4O2/c1-15(23)21(13-17-7-3-5-9-19-17)11-12-22(16(2)24)14-18-8-4-6-10-20-18/h3-10,15-16,23-24H,11-14H2,1-2H3. The maximum Gasteiger partial charge on any atom is 0.104 e. The predicted molar refractivity (Wildman–Crippen MR) is 92.7 cm³/mol. The summed E-state index contributed by atoms with van der Waals surface area (Å²) in [6, 6.07) is 11.5. The molecule has 0 fully saturated rings. The van der Waals surface area contributed by atoms with E-state index in [9.17, 15) is 10.2 Å². The maximum atomic E-state index is 10.0. The van der Waals surface area contributed by atoms with Crippen LogP contribution < -0.4 is 0 Å². The van der Waals surface area contributed by atoms with Crippen molar-refractivity contribution in [3.05, 3.63) is 60.2 Å². The Morgan fingerprint density at radius 2 is 1.21 bits per heavy atom. The van der Waals surface area contributed by atoms with Crippen LogP contribution in [-0.4, -0.2) is 55.5 Å². The monoisotopic (exact) mass is 330 g/mol. The highest BCUT2D eigenvalue weighted by Gasteiger charge is 2.17. The smallest absolute Gasteiger partial charge is 0.104 e. The summed E-state index contributed by atoms with van der Waals surface area (Å²) in [5.41, 5.74) is 1.82. The van der Waals surface area contributed by atoms with E-state index < -0.39 is 12.5 Å². The molecule has 130 valence electrons. The quantitative estimate of drug-likeness (QED) is 0.678. The van der Waals surface area contributed by atoms with E-state index in [4.69, 9.17) is 0 Å². The number of hydrogen-bond donors (Lipinski definition) is 2. The molecule has 0 radical (unpaired) electrons. The van der Waals surface area contributed by atoms with Crippen LogP contribution in [0.15, 0.2) is 48.8 Å². The molecule has 2 aromatic heterocycles. The van der Waals surface area contributed by atoms with Gasteiger partial charge in [-0.2, -0.15) is 0 Å². The zero-order valence-corrected chi connectivity index (χ0v) is 14.3. The average Bonchev–Trinajstić information content (AvgIpc) is 2.58. The lowest BCUT2D eigenvalue weighted by Gasteiger charge is -2.30. The maximum absolute atomic E-state index is 10.0. The van der Waals surface area contributed by atoms with E-state index >= 15 is 0 Å². The fourth-order valence-electron chi connectivity index (χ4n) is 2.45. The van der Waals surface area contributed by atoms with Crippen LogP contribution in [0.3, 0.4) is 0 Å². The van der Waals surface area contributed by atoms with Crippen LogP contribution >= 0.6 is 0 Å². The van der Waals surface area contributed by atoms with Gasteiger partial charge in [0.25, 0.3) is 0 Å². The second-order valence-corrected chi connectivity index (χ2v) is 5.85. The summed E-state index contributed by atoms with van der Waals surface area (Å²) in [5, 5.41) is 20.0. The molecule has 0 amide bonds. The van der Waals surface area contributed by atoms with Gasteiger partial charge >= 0.3 is 0 Å². The highest BCUT2D eigenvalue weighted by Crippen LogP contribution is 2.08. The number of aromatic nitrogens is 2. The molecule has 0 saturated heterocycles. The topological polar surface area (TPSA) is 72.7 Å². The highest BCUT2D eigenvalue weighted by atomic mass is 16.3. The average molecular weight is 330 g/mol. The van der Waals surface area contributed by atoms with Crippen LogP contribution in [0.1, 0.15) is 25.2 Å². The number of rotatable bonds is 9. The minimum absolute atomic E-state index is 0.565. The fraction of sp³-hybridized carbons (Fsp3) is 0.444. The van der Waals surface area contributed by atoms with Gasteiger partial charge in [-0.15, -0.1) is 0 Å². The van der Waals surface area contributed by atoms with Gasteiger partial charge in [-0.05, 0) is 38.1 Å². The van der Waals surface area contributed by atoms with E-state index in [1.165, 1.54) is 0 Å². The first kappa shape index (κ1) is 18.5. The second kappa shape index (κ2) is 9.44. The zero-order chi connectivity index (χ0) is 17.4. The number of aliphatic hydroxyl groups is 2. The van der Waals surface area contributed by atoms with Crippen molar-refractivity contribution in [2.24, 2.45) is 0 Å². The third-order valence-electron chi connectivity index (χ3n) is 3.91. The van der Waals surface area contributed by atoms with Crippen LogP contribution in [0, 0.1) is 0 Å². The summed E-state index contributed by atoms with van der Waals surface area (Å²) in [6.45, 7) is 5.85. The predicted octanol–water partition coefficient (Wildman–Crippen LogP) is 1.46. The van der Waals surface area contributed by atoms with Gasteiger partial charge in [0.1, 0.15) is 12.5 Å². The van der Waals surface area contributed by atoms with Crippen molar-refractivity contribution in [1.29, 1.82) is 0 Å². The van der Waals surface area contributed by atoms with Gasteiger partial charge < -0.3 is 10.2 Å². The van der Waals surface area contributed by atoms with Crippen molar-refractivity contribution in [2.45, 2.75) is 39.4 Å². The first-order valence-corrected chi connectivity index (χ1v) is 8.20. The van der Waals surface area contributed by atoms with Gasteiger partial charge in [0.05, 0.1) is 11.4 Å². The molecule has 24 heavy (non-hydrogen) atoms. The van der Waals surface area contributed by atoms with Crippen LogP contribution in [-0.2, 0) is 13.1 Å². The van der Waals surface area contributed by atoms with E-state index in [0.29, 0.717) is 26.2 Å². The molecule has 2 heterocycles. The summed E-state index contributed by atoms with van der Waals surface area (Å²) in [4.78, 5) is 12.5. The molecular formula is C18H26N4O2. The van der Waals surface area contributed by atoms with Crippen LogP contribution in [0.5, 0.6) is 0 Å². The third-order valence-corrected chi connectivity index (χ3v) is 3.91. The molecule has 6 nitrogen and oxygen atoms in total. The van der Waals surface area contributed by atoms with Gasteiger partial charge in [-0.1, -0.05) is 12.1 Å². The molecule has 2 N–H and O–H groups in total. The largest absolute Gasteiger partial charge is 0.379 e. The van der Waals surface area contributed by atoms with Gasteiger partial charge in [-0.3, -0.25) is 19.8 Å². The summed E-state index contributed by atoms with van der Waals surface area (Å²) >= 11 is 0. The molecule has 0 bridgehead atoms. The van der Waals surface area contributed by atoms with Crippen LogP contribution in [0.2, 0.25) is 0 Å². The van der Waals surface area contributed by atoms with Crippen molar-refractivity contribution < 1.29 is 10.2 Å². The second-order valence-electron chi connectivity index (χ2n) is 5.85. The van der Waals surface area contributed by atoms with Crippen molar-refractivity contribution in [3.63, 3.8) is 0 Å². The fourth-order valence-corrected chi connectivity index (χ4v) is 2.45. The molecule has 6 heteroatoms. The van der Waals surface area contributed by atoms with Gasteiger partial charge in [0.15, 0.2) is 0 Å². The Morgan fingerprint density at radius 1 is 0.792 bits per heavy atom. The first-order valence-electron chi connectivity index (χ1n) is 8.20. The summed E-state index contributed by atoms with van der Waals surface area (Å²) in [6.07, 6.45) is 2.33. The highest BCUT2D eigenvalue weighted by molar-refractivity contribution is 5.04. The SMILES string of the molecule is CC(O)N(CCN(Cc1ccccn1)C(C)O)Cc1ccccn1. The van der Waals surface area contributed by atoms with Gasteiger partial charge in [0, 0.05) is 38.6 Å². The molecule has 0 saturated carbocycles. The molecule has 2 atom stereocenters. The summed E-state index contributed by atoms with van der Waals surface area (Å²) in [5.74, 6) is 0. The molecule has 2 unspecified atom stereocenters. The van der Waals surface area contributed by atoms with Crippen LogP contribution in [0.25, 0.3) is 0 Å². The van der Waals surface area contributed by atoms with Crippen molar-refractivity contribution in [3.8, 4) is 0 Å². The zero-order valence-electron chi connectivity index (χ0n) is 14.3. The number of pyridine rings is 2. The van der Waals surface area contributed by atoms with E-state index in [1.54, 1.807) is 26.2 Å². The van der Waals surface area contributed by atoms with E-state index in [-0.39, 0.29) is 0 Å². The normalized spacial score (nSPS) is 14.1. The summed E-state index contributed by atoms with van der Waals surface area (Å²) < 4.78 is 0. The molecular weight excluding hydrogens is 304 g/mol. The van der Waals surface area contributed by atoms with Gasteiger partial charge in [0.2, 0.25) is 0 Å². The molecule has 0 aliphatic heterocycles. The molecule has 0 aliphatic rings. The molecule has 0 aromatic carbocycles. The molecule has 0 spiro atoms. The number of nitrogens with zero attached hydrogens (tertiary/aromatic N) is 4. The molecule has 2 rings (SSSR count). The van der Waals surface area contributed by atoms with Crippen molar-refractivity contribution in [1.82, 2.24) is 19.8 Å². The minimum Gasteiger partial charge on any atom is -0.379 e. The number of aliphatic hydroxyl groups excluding tert-OH is 2. The minimum atomic E-state index is -0.585. The van der Waals surface area contributed by atoms with Gasteiger partial charge in [-0.25, -0.2) is 0 Å². The Labute approximate surface area is 143 Å². The lowest BCUT2D eigenvalue weighted by Crippen LogP contribution is -2.42.